The number of fused-ring (bicyclic) bond motifs is 1. The van der Waals surface area contributed by atoms with Crippen LogP contribution in [0, 0.1) is 6.92 Å². The van der Waals surface area contributed by atoms with Crippen LogP contribution in [0.4, 0.5) is 5.13 Å². The van der Waals surface area contributed by atoms with Gasteiger partial charge in [-0.3, -0.25) is 24.6 Å². The fourth-order valence-corrected chi connectivity index (χ4v) is 3.24. The molecule has 0 saturated carbocycles. The molecule has 0 radical (unpaired) electrons. The lowest BCUT2D eigenvalue weighted by Crippen LogP contribution is -2.28. The van der Waals surface area contributed by atoms with Gasteiger partial charge in [0.2, 0.25) is 5.13 Å². The van der Waals surface area contributed by atoms with Crippen molar-refractivity contribution in [3.8, 4) is 0 Å². The van der Waals surface area contributed by atoms with Gasteiger partial charge in [0.05, 0.1) is 23.9 Å². The van der Waals surface area contributed by atoms with E-state index in [-0.39, 0.29) is 23.2 Å². The number of rotatable bonds is 4. The molecule has 0 spiro atoms. The molecule has 1 aliphatic rings. The number of imide groups is 1. The monoisotopic (exact) mass is 368 g/mol. The topological polar surface area (TPSA) is 105 Å². The van der Waals surface area contributed by atoms with Crippen molar-refractivity contribution in [3.63, 3.8) is 0 Å². The van der Waals surface area contributed by atoms with Gasteiger partial charge in [0.25, 0.3) is 17.7 Å². The van der Waals surface area contributed by atoms with E-state index in [4.69, 9.17) is 4.42 Å². The van der Waals surface area contributed by atoms with Gasteiger partial charge in [0.15, 0.2) is 0 Å². The molecule has 0 saturated heterocycles. The minimum absolute atomic E-state index is 0.0466. The van der Waals surface area contributed by atoms with E-state index < -0.39 is 17.7 Å². The third kappa shape index (κ3) is 2.78. The number of nitrogens with zero attached hydrogens (tertiary/aromatic N) is 3. The Labute approximate surface area is 151 Å². The molecule has 4 rings (SSSR count). The second-order valence-corrected chi connectivity index (χ2v) is 6.80. The molecule has 0 fully saturated rings. The number of aromatic nitrogens is 2. The highest BCUT2D eigenvalue weighted by atomic mass is 32.1. The number of furan rings is 1. The standard InChI is InChI=1S/C17H12N4O4S/c1-9-19-20-17(26-9)18-14(22)10-4-5-12-13(7-10)16(24)21(15(12)23)8-11-3-2-6-25-11/h2-7H,8H2,1H3,(H,18,20,22). The molecule has 3 aromatic rings. The van der Waals surface area contributed by atoms with E-state index in [1.807, 2.05) is 0 Å². The van der Waals surface area contributed by atoms with Crippen molar-refractivity contribution < 1.29 is 18.8 Å². The van der Waals surface area contributed by atoms with Crippen LogP contribution in [0.3, 0.4) is 0 Å². The molecule has 1 N–H and O–H groups in total. The quantitative estimate of drug-likeness (QED) is 0.709. The van der Waals surface area contributed by atoms with Crippen molar-refractivity contribution in [1.29, 1.82) is 0 Å². The molecule has 3 heterocycles. The van der Waals surface area contributed by atoms with Crippen LogP contribution in [0.2, 0.25) is 0 Å². The van der Waals surface area contributed by atoms with Crippen molar-refractivity contribution in [2.24, 2.45) is 0 Å². The third-order valence-corrected chi connectivity index (χ3v) is 4.63. The van der Waals surface area contributed by atoms with E-state index in [1.54, 1.807) is 19.1 Å². The van der Waals surface area contributed by atoms with Crippen LogP contribution in [-0.2, 0) is 6.54 Å². The van der Waals surface area contributed by atoms with E-state index in [2.05, 4.69) is 15.5 Å². The van der Waals surface area contributed by atoms with Crippen LogP contribution in [-0.4, -0.2) is 32.8 Å². The molecule has 1 aliphatic heterocycles. The zero-order valence-electron chi connectivity index (χ0n) is 13.6. The molecule has 26 heavy (non-hydrogen) atoms. The number of carbonyl (C=O) groups is 3. The summed E-state index contributed by atoms with van der Waals surface area (Å²) in [5, 5.41) is 11.4. The molecule has 0 aliphatic carbocycles. The van der Waals surface area contributed by atoms with Crippen LogP contribution in [0.15, 0.2) is 41.0 Å². The number of nitrogens with one attached hydrogen (secondary N) is 1. The summed E-state index contributed by atoms with van der Waals surface area (Å²) >= 11 is 1.25. The van der Waals surface area contributed by atoms with Crippen LogP contribution < -0.4 is 5.32 Å². The van der Waals surface area contributed by atoms with Crippen molar-refractivity contribution in [1.82, 2.24) is 15.1 Å². The molecule has 0 bridgehead atoms. The lowest BCUT2D eigenvalue weighted by atomic mass is 10.1. The van der Waals surface area contributed by atoms with Gasteiger partial charge >= 0.3 is 0 Å². The van der Waals surface area contributed by atoms with Gasteiger partial charge in [-0.2, -0.15) is 0 Å². The Hall–Kier alpha value is -3.33. The fraction of sp³-hybridized carbons (Fsp3) is 0.118. The molecule has 3 amide bonds. The second-order valence-electron chi connectivity index (χ2n) is 5.62. The molecule has 130 valence electrons. The van der Waals surface area contributed by atoms with E-state index in [0.29, 0.717) is 10.9 Å². The van der Waals surface area contributed by atoms with Crippen LogP contribution in [0.1, 0.15) is 41.8 Å². The normalized spacial score (nSPS) is 13.2. The van der Waals surface area contributed by atoms with Gasteiger partial charge in [0, 0.05) is 5.56 Å². The van der Waals surface area contributed by atoms with Crippen LogP contribution in [0.25, 0.3) is 0 Å². The summed E-state index contributed by atoms with van der Waals surface area (Å²) in [6.07, 6.45) is 1.48. The van der Waals surface area contributed by atoms with Gasteiger partial charge in [-0.05, 0) is 37.3 Å². The third-order valence-electron chi connectivity index (χ3n) is 3.87. The summed E-state index contributed by atoms with van der Waals surface area (Å²) in [6, 6.07) is 7.78. The largest absolute Gasteiger partial charge is 0.467 e. The van der Waals surface area contributed by atoms with Crippen molar-refractivity contribution in [2.45, 2.75) is 13.5 Å². The number of hydrogen-bond acceptors (Lipinski definition) is 7. The maximum absolute atomic E-state index is 12.6. The lowest BCUT2D eigenvalue weighted by Gasteiger charge is -2.11. The number of amides is 3. The number of carbonyl (C=O) groups excluding carboxylic acids is 3. The summed E-state index contributed by atoms with van der Waals surface area (Å²) in [5.74, 6) is -0.784. The highest BCUT2D eigenvalue weighted by Gasteiger charge is 2.36. The summed E-state index contributed by atoms with van der Waals surface area (Å²) in [5.41, 5.74) is 0.727. The van der Waals surface area contributed by atoms with E-state index in [0.717, 1.165) is 9.91 Å². The maximum Gasteiger partial charge on any atom is 0.261 e. The predicted molar refractivity (Wildman–Crippen MR) is 92.0 cm³/mol. The van der Waals surface area contributed by atoms with Crippen molar-refractivity contribution >= 4 is 34.2 Å². The Morgan fingerprint density at radius 1 is 1.19 bits per heavy atom. The zero-order valence-corrected chi connectivity index (χ0v) is 14.4. The number of benzene rings is 1. The first kappa shape index (κ1) is 16.2. The van der Waals surface area contributed by atoms with Crippen LogP contribution >= 0.6 is 11.3 Å². The maximum atomic E-state index is 12.6. The number of hydrogen-bond donors (Lipinski definition) is 1. The Morgan fingerprint density at radius 3 is 2.69 bits per heavy atom. The summed E-state index contributed by atoms with van der Waals surface area (Å²) in [6.45, 7) is 1.82. The summed E-state index contributed by atoms with van der Waals surface area (Å²) in [4.78, 5) is 38.5. The molecule has 0 unspecified atom stereocenters. The molecule has 9 heteroatoms. The molecule has 8 nitrogen and oxygen atoms in total. The van der Waals surface area contributed by atoms with E-state index >= 15 is 0 Å². The van der Waals surface area contributed by atoms with Gasteiger partial charge < -0.3 is 4.42 Å². The lowest BCUT2D eigenvalue weighted by molar-refractivity contribution is 0.0631. The Morgan fingerprint density at radius 2 is 2.00 bits per heavy atom. The molecule has 1 aromatic carbocycles. The highest BCUT2D eigenvalue weighted by Crippen LogP contribution is 2.26. The zero-order chi connectivity index (χ0) is 18.3. The summed E-state index contributed by atoms with van der Waals surface area (Å²) < 4.78 is 5.20. The molecular formula is C17H12N4O4S. The Balaban J connectivity index is 1.58. The minimum atomic E-state index is -0.456. The predicted octanol–water partition coefficient (Wildman–Crippen LogP) is 2.49. The molecular weight excluding hydrogens is 356 g/mol. The Kier molecular flexibility index (Phi) is 3.85. The van der Waals surface area contributed by atoms with Crippen LogP contribution in [0.5, 0.6) is 0 Å². The second kappa shape index (κ2) is 6.19. The molecule has 2 aromatic heterocycles. The Bertz CT molecular complexity index is 1030. The van der Waals surface area contributed by atoms with E-state index in [1.165, 1.54) is 35.8 Å². The minimum Gasteiger partial charge on any atom is -0.467 e. The van der Waals surface area contributed by atoms with Crippen molar-refractivity contribution in [3.05, 3.63) is 64.1 Å². The average molecular weight is 368 g/mol. The first-order valence-corrected chi connectivity index (χ1v) is 8.48. The van der Waals surface area contributed by atoms with Gasteiger partial charge in [-0.1, -0.05) is 11.3 Å². The number of aryl methyl sites for hydroxylation is 1. The first-order valence-electron chi connectivity index (χ1n) is 7.67. The van der Waals surface area contributed by atoms with Gasteiger partial charge in [-0.15, -0.1) is 10.2 Å². The van der Waals surface area contributed by atoms with Crippen molar-refractivity contribution in [2.75, 3.05) is 5.32 Å². The summed E-state index contributed by atoms with van der Waals surface area (Å²) in [7, 11) is 0. The number of anilines is 1. The fourth-order valence-electron chi connectivity index (χ4n) is 2.65. The smallest absolute Gasteiger partial charge is 0.261 e. The van der Waals surface area contributed by atoms with Gasteiger partial charge in [0.1, 0.15) is 10.8 Å². The molecule has 0 atom stereocenters. The average Bonchev–Trinajstić information content (AvgIpc) is 3.33. The first-order chi connectivity index (χ1) is 12.5. The SMILES string of the molecule is Cc1nnc(NC(=O)c2ccc3c(c2)C(=O)N(Cc2ccco2)C3=O)s1. The highest BCUT2D eigenvalue weighted by molar-refractivity contribution is 7.15. The van der Waals surface area contributed by atoms with Gasteiger partial charge in [-0.25, -0.2) is 0 Å². The van der Waals surface area contributed by atoms with E-state index in [9.17, 15) is 14.4 Å².